The Morgan fingerprint density at radius 3 is 2.95 bits per heavy atom. The monoisotopic (exact) mass is 296 g/mol. The second-order valence-electron chi connectivity index (χ2n) is 5.98. The fourth-order valence-electron chi connectivity index (χ4n) is 3.20. The molecular weight excluding hydrogens is 276 g/mol. The maximum atomic E-state index is 3.47. The summed E-state index contributed by atoms with van der Waals surface area (Å²) in [4.78, 5) is 0. The number of benzene rings is 1. The highest BCUT2D eigenvalue weighted by Crippen LogP contribution is 2.40. The molecule has 1 aromatic carbocycles. The summed E-state index contributed by atoms with van der Waals surface area (Å²) in [5.41, 5.74) is 2.85. The molecule has 3 aromatic rings. The van der Waals surface area contributed by atoms with Crippen molar-refractivity contribution in [2.75, 3.05) is 7.05 Å². The third-order valence-corrected chi connectivity index (χ3v) is 5.46. The maximum Gasteiger partial charge on any atom is 0.0484 e. The van der Waals surface area contributed by atoms with Crippen molar-refractivity contribution in [3.8, 4) is 0 Å². The highest BCUT2D eigenvalue weighted by molar-refractivity contribution is 7.17. The van der Waals surface area contributed by atoms with E-state index in [-0.39, 0.29) is 0 Å². The van der Waals surface area contributed by atoms with E-state index < -0.39 is 0 Å². The molecule has 1 aliphatic carbocycles. The van der Waals surface area contributed by atoms with Gasteiger partial charge in [-0.3, -0.25) is 0 Å². The van der Waals surface area contributed by atoms with Gasteiger partial charge in [0, 0.05) is 29.7 Å². The molecule has 2 nitrogen and oxygen atoms in total. The van der Waals surface area contributed by atoms with Crippen LogP contribution in [-0.4, -0.2) is 11.6 Å². The van der Waals surface area contributed by atoms with Gasteiger partial charge in [-0.15, -0.1) is 11.3 Å². The Bertz CT molecular complexity index is 751. The molecule has 0 radical (unpaired) electrons. The van der Waals surface area contributed by atoms with Crippen molar-refractivity contribution in [2.45, 2.75) is 25.4 Å². The molecule has 1 fully saturated rings. The summed E-state index contributed by atoms with van der Waals surface area (Å²) in [7, 11) is 2.08. The molecule has 1 unspecified atom stereocenters. The number of hydrogen-bond acceptors (Lipinski definition) is 2. The zero-order chi connectivity index (χ0) is 14.2. The predicted octanol–water partition coefficient (Wildman–Crippen LogP) is 4.42. The maximum absolute atomic E-state index is 3.47. The number of rotatable bonds is 5. The van der Waals surface area contributed by atoms with Gasteiger partial charge in [0.1, 0.15) is 0 Å². The van der Waals surface area contributed by atoms with Gasteiger partial charge in [-0.25, -0.2) is 0 Å². The molecule has 0 aliphatic heterocycles. The van der Waals surface area contributed by atoms with E-state index in [1.807, 2.05) is 11.3 Å². The Morgan fingerprint density at radius 2 is 2.14 bits per heavy atom. The summed E-state index contributed by atoms with van der Waals surface area (Å²) in [5, 5.41) is 7.16. The van der Waals surface area contributed by atoms with E-state index in [0.717, 1.165) is 12.5 Å². The molecule has 0 spiro atoms. The first kappa shape index (κ1) is 13.1. The Balaban J connectivity index is 1.58. The smallest absolute Gasteiger partial charge is 0.0484 e. The first-order chi connectivity index (χ1) is 10.3. The molecule has 1 N–H and O–H groups in total. The number of nitrogens with zero attached hydrogens (tertiary/aromatic N) is 1. The van der Waals surface area contributed by atoms with Crippen molar-refractivity contribution < 1.29 is 0 Å². The standard InChI is InChI=1S/C18H20N2S/c1-19-18(13-6-7-13)14-8-9-20(10-14)11-15-12-21-17-5-3-2-4-16(15)17/h2-5,8-10,12-13,18-19H,6-7,11H2,1H3. The lowest BCUT2D eigenvalue weighted by Gasteiger charge is -2.13. The SMILES string of the molecule is CNC(c1ccn(Cc2csc3ccccc23)c1)C1CC1. The van der Waals surface area contributed by atoms with Crippen LogP contribution in [0.4, 0.5) is 0 Å². The number of nitrogens with one attached hydrogen (secondary N) is 1. The molecule has 3 heteroatoms. The average Bonchev–Trinajstić information content (AvgIpc) is 3.10. The molecule has 2 aromatic heterocycles. The van der Waals surface area contributed by atoms with Crippen molar-refractivity contribution in [3.63, 3.8) is 0 Å². The minimum atomic E-state index is 0.533. The molecule has 1 saturated carbocycles. The van der Waals surface area contributed by atoms with Crippen molar-refractivity contribution >= 4 is 21.4 Å². The number of thiophene rings is 1. The number of aromatic nitrogens is 1. The highest BCUT2D eigenvalue weighted by Gasteiger charge is 2.31. The van der Waals surface area contributed by atoms with Crippen LogP contribution in [-0.2, 0) is 6.54 Å². The van der Waals surface area contributed by atoms with Crippen LogP contribution in [0.25, 0.3) is 10.1 Å². The van der Waals surface area contributed by atoms with Crippen LogP contribution in [0.5, 0.6) is 0 Å². The van der Waals surface area contributed by atoms with Gasteiger partial charge in [0.15, 0.2) is 0 Å². The van der Waals surface area contributed by atoms with Gasteiger partial charge >= 0.3 is 0 Å². The molecule has 4 rings (SSSR count). The summed E-state index contributed by atoms with van der Waals surface area (Å²) < 4.78 is 3.70. The Kier molecular flexibility index (Phi) is 3.32. The van der Waals surface area contributed by atoms with Crippen molar-refractivity contribution in [2.24, 2.45) is 5.92 Å². The van der Waals surface area contributed by atoms with Crippen LogP contribution < -0.4 is 5.32 Å². The molecule has 0 amide bonds. The van der Waals surface area contributed by atoms with E-state index in [2.05, 4.69) is 65.0 Å². The fraction of sp³-hybridized carbons (Fsp3) is 0.333. The van der Waals surface area contributed by atoms with E-state index in [1.54, 1.807) is 0 Å². The van der Waals surface area contributed by atoms with Crippen LogP contribution in [0.15, 0.2) is 48.1 Å². The molecule has 108 valence electrons. The molecule has 2 heterocycles. The third kappa shape index (κ3) is 2.52. The van der Waals surface area contributed by atoms with Crippen molar-refractivity contribution in [1.29, 1.82) is 0 Å². The van der Waals surface area contributed by atoms with Crippen molar-refractivity contribution in [3.05, 3.63) is 59.2 Å². The second kappa shape index (κ2) is 5.32. The zero-order valence-electron chi connectivity index (χ0n) is 12.3. The van der Waals surface area contributed by atoms with Gasteiger partial charge in [-0.2, -0.15) is 0 Å². The van der Waals surface area contributed by atoms with Crippen LogP contribution in [0.3, 0.4) is 0 Å². The van der Waals surface area contributed by atoms with Crippen LogP contribution >= 0.6 is 11.3 Å². The fourth-order valence-corrected chi connectivity index (χ4v) is 4.15. The van der Waals surface area contributed by atoms with E-state index >= 15 is 0 Å². The summed E-state index contributed by atoms with van der Waals surface area (Å²) in [5.74, 6) is 0.841. The third-order valence-electron chi connectivity index (χ3n) is 4.45. The van der Waals surface area contributed by atoms with Crippen molar-refractivity contribution in [1.82, 2.24) is 9.88 Å². The Hall–Kier alpha value is -1.58. The van der Waals surface area contributed by atoms with Gasteiger partial charge in [0.05, 0.1) is 0 Å². The molecule has 1 atom stereocenters. The lowest BCUT2D eigenvalue weighted by Crippen LogP contribution is -2.17. The summed E-state index contributed by atoms with van der Waals surface area (Å²) in [6, 6.07) is 11.5. The molecule has 1 aliphatic rings. The molecule has 0 saturated heterocycles. The van der Waals surface area contributed by atoms with Gasteiger partial charge in [0.2, 0.25) is 0 Å². The summed E-state index contributed by atoms with van der Waals surface area (Å²) in [6.07, 6.45) is 7.26. The second-order valence-corrected chi connectivity index (χ2v) is 6.89. The summed E-state index contributed by atoms with van der Waals surface area (Å²) >= 11 is 1.84. The van der Waals surface area contributed by atoms with Gasteiger partial charge in [-0.1, -0.05) is 18.2 Å². The highest BCUT2D eigenvalue weighted by atomic mass is 32.1. The molecule has 0 bridgehead atoms. The van der Waals surface area contributed by atoms with Crippen LogP contribution in [0, 0.1) is 5.92 Å². The lowest BCUT2D eigenvalue weighted by molar-refractivity contribution is 0.528. The van der Waals surface area contributed by atoms with E-state index in [4.69, 9.17) is 0 Å². The zero-order valence-corrected chi connectivity index (χ0v) is 13.1. The average molecular weight is 296 g/mol. The lowest BCUT2D eigenvalue weighted by atomic mass is 10.1. The first-order valence-corrected chi connectivity index (χ1v) is 8.51. The number of hydrogen-bond donors (Lipinski definition) is 1. The quantitative estimate of drug-likeness (QED) is 0.737. The Labute approximate surface area is 129 Å². The van der Waals surface area contributed by atoms with Gasteiger partial charge < -0.3 is 9.88 Å². The van der Waals surface area contributed by atoms with Crippen LogP contribution in [0.1, 0.15) is 30.0 Å². The summed E-state index contributed by atoms with van der Waals surface area (Å²) in [6.45, 7) is 0.963. The van der Waals surface area contributed by atoms with Gasteiger partial charge in [0.25, 0.3) is 0 Å². The van der Waals surface area contributed by atoms with Gasteiger partial charge in [-0.05, 0) is 59.8 Å². The van der Waals surface area contributed by atoms with E-state index in [0.29, 0.717) is 6.04 Å². The topological polar surface area (TPSA) is 17.0 Å². The molecular formula is C18H20N2S. The minimum Gasteiger partial charge on any atom is -0.350 e. The predicted molar refractivity (Wildman–Crippen MR) is 89.9 cm³/mol. The first-order valence-electron chi connectivity index (χ1n) is 7.63. The largest absolute Gasteiger partial charge is 0.350 e. The minimum absolute atomic E-state index is 0.533. The number of fused-ring (bicyclic) bond motifs is 1. The van der Waals surface area contributed by atoms with E-state index in [1.165, 1.54) is 34.1 Å². The normalized spacial score (nSPS) is 16.4. The van der Waals surface area contributed by atoms with Crippen LogP contribution in [0.2, 0.25) is 0 Å². The molecule has 21 heavy (non-hydrogen) atoms. The Morgan fingerprint density at radius 1 is 1.29 bits per heavy atom. The van der Waals surface area contributed by atoms with E-state index in [9.17, 15) is 0 Å².